The Morgan fingerprint density at radius 3 is 2.64 bits per heavy atom. The number of ketones is 1. The van der Waals surface area contributed by atoms with Crippen LogP contribution in [0.1, 0.15) is 12.7 Å². The first kappa shape index (κ1) is 10.2. The van der Waals surface area contributed by atoms with Gasteiger partial charge in [-0.15, -0.1) is 0 Å². The Bertz CT molecular complexity index is 359. The van der Waals surface area contributed by atoms with E-state index < -0.39 is 5.97 Å². The Kier molecular flexibility index (Phi) is 3.23. The van der Waals surface area contributed by atoms with Gasteiger partial charge in [-0.2, -0.15) is 0 Å². The van der Waals surface area contributed by atoms with Gasteiger partial charge in [-0.1, -0.05) is 0 Å². The van der Waals surface area contributed by atoms with Crippen molar-refractivity contribution in [1.82, 2.24) is 0 Å². The number of furan rings is 1. The summed E-state index contributed by atoms with van der Waals surface area (Å²) in [6.07, 6.45) is 2.81. The predicted octanol–water partition coefficient (Wildman–Crippen LogP) is 1.42. The van der Waals surface area contributed by atoms with Gasteiger partial charge in [-0.05, 0) is 25.1 Å². The van der Waals surface area contributed by atoms with Crippen LogP contribution in [0.5, 0.6) is 0 Å². The normalized spacial score (nSPS) is 11.1. The first-order valence-corrected chi connectivity index (χ1v) is 3.99. The maximum absolute atomic E-state index is 11.1. The van der Waals surface area contributed by atoms with E-state index in [0.717, 1.165) is 0 Å². The topological polar surface area (TPSA) is 56.5 Å². The van der Waals surface area contributed by atoms with Crippen molar-refractivity contribution in [3.05, 3.63) is 29.7 Å². The lowest BCUT2D eigenvalue weighted by Crippen LogP contribution is -2.11. The molecule has 1 aromatic rings. The number of ether oxygens (including phenoxy) is 1. The third kappa shape index (κ3) is 2.32. The quantitative estimate of drug-likeness (QED) is 0.316. The van der Waals surface area contributed by atoms with Crippen LogP contribution in [0.15, 0.2) is 28.4 Å². The summed E-state index contributed by atoms with van der Waals surface area (Å²) in [7, 11) is 1.22. The van der Waals surface area contributed by atoms with E-state index in [1.165, 1.54) is 26.4 Å². The average molecular weight is 194 g/mol. The molecule has 1 heterocycles. The summed E-state index contributed by atoms with van der Waals surface area (Å²) in [5, 5.41) is 0. The first-order valence-electron chi connectivity index (χ1n) is 3.99. The van der Waals surface area contributed by atoms with E-state index in [9.17, 15) is 9.59 Å². The second-order valence-electron chi connectivity index (χ2n) is 2.62. The molecule has 0 fully saturated rings. The highest BCUT2D eigenvalue weighted by Gasteiger charge is 2.15. The molecule has 14 heavy (non-hydrogen) atoms. The van der Waals surface area contributed by atoms with Crippen molar-refractivity contribution in [3.63, 3.8) is 0 Å². The molecule has 0 amide bonds. The van der Waals surface area contributed by atoms with Gasteiger partial charge in [0, 0.05) is 0 Å². The fourth-order valence-corrected chi connectivity index (χ4v) is 0.930. The fourth-order valence-electron chi connectivity index (χ4n) is 0.930. The van der Waals surface area contributed by atoms with Crippen LogP contribution in [0.2, 0.25) is 0 Å². The molecule has 0 aliphatic rings. The Hall–Kier alpha value is -1.84. The fraction of sp³-hybridized carbons (Fsp3) is 0.200. The van der Waals surface area contributed by atoms with E-state index in [0.29, 0.717) is 5.76 Å². The largest absolute Gasteiger partial charge is 0.465 e. The van der Waals surface area contributed by atoms with Gasteiger partial charge in [0.25, 0.3) is 0 Å². The summed E-state index contributed by atoms with van der Waals surface area (Å²) >= 11 is 0. The molecule has 0 atom stereocenters. The number of hydrogen-bond donors (Lipinski definition) is 0. The van der Waals surface area contributed by atoms with Gasteiger partial charge in [0.2, 0.25) is 0 Å². The van der Waals surface area contributed by atoms with E-state index in [4.69, 9.17) is 4.42 Å². The van der Waals surface area contributed by atoms with Crippen LogP contribution < -0.4 is 0 Å². The maximum atomic E-state index is 11.1. The van der Waals surface area contributed by atoms with E-state index >= 15 is 0 Å². The Labute approximate surface area is 81.2 Å². The lowest BCUT2D eigenvalue weighted by molar-refractivity contribution is -0.137. The summed E-state index contributed by atoms with van der Waals surface area (Å²) < 4.78 is 9.43. The SMILES string of the molecule is COC(=O)C(=Cc1ccco1)C(C)=O. The highest BCUT2D eigenvalue weighted by Crippen LogP contribution is 2.09. The Morgan fingerprint density at radius 1 is 1.50 bits per heavy atom. The molecular weight excluding hydrogens is 184 g/mol. The second kappa shape index (κ2) is 4.41. The molecule has 0 aliphatic heterocycles. The third-order valence-corrected chi connectivity index (χ3v) is 1.61. The van der Waals surface area contributed by atoms with Crippen LogP contribution in [0.3, 0.4) is 0 Å². The van der Waals surface area contributed by atoms with Crippen LogP contribution in [-0.4, -0.2) is 18.9 Å². The zero-order chi connectivity index (χ0) is 10.6. The molecule has 0 spiro atoms. The highest BCUT2D eigenvalue weighted by atomic mass is 16.5. The van der Waals surface area contributed by atoms with Crippen molar-refractivity contribution in [3.8, 4) is 0 Å². The summed E-state index contributed by atoms with van der Waals surface area (Å²) in [6.45, 7) is 1.30. The Morgan fingerprint density at radius 2 is 2.21 bits per heavy atom. The molecule has 0 unspecified atom stereocenters. The maximum Gasteiger partial charge on any atom is 0.341 e. The van der Waals surface area contributed by atoms with Crippen molar-refractivity contribution >= 4 is 17.8 Å². The molecular formula is C10H10O4. The zero-order valence-corrected chi connectivity index (χ0v) is 7.94. The van der Waals surface area contributed by atoms with Gasteiger partial charge < -0.3 is 9.15 Å². The monoisotopic (exact) mass is 194 g/mol. The Balaban J connectivity index is 2.99. The molecule has 0 saturated heterocycles. The van der Waals surface area contributed by atoms with E-state index in [1.54, 1.807) is 12.1 Å². The van der Waals surface area contributed by atoms with Crippen molar-refractivity contribution in [2.24, 2.45) is 0 Å². The number of carbonyl (C=O) groups excluding carboxylic acids is 2. The molecule has 74 valence electrons. The van der Waals surface area contributed by atoms with Crippen molar-refractivity contribution in [2.75, 3.05) is 7.11 Å². The molecule has 4 nitrogen and oxygen atoms in total. The summed E-state index contributed by atoms with van der Waals surface area (Å²) in [4.78, 5) is 22.2. The van der Waals surface area contributed by atoms with E-state index in [2.05, 4.69) is 4.74 Å². The number of carbonyl (C=O) groups is 2. The molecule has 1 aromatic heterocycles. The van der Waals surface area contributed by atoms with Crippen LogP contribution >= 0.6 is 0 Å². The summed E-state index contributed by atoms with van der Waals surface area (Å²) in [6, 6.07) is 3.31. The smallest absolute Gasteiger partial charge is 0.341 e. The van der Waals surface area contributed by atoms with Gasteiger partial charge >= 0.3 is 5.97 Å². The van der Waals surface area contributed by atoms with Crippen LogP contribution in [0, 0.1) is 0 Å². The minimum Gasteiger partial charge on any atom is -0.465 e. The van der Waals surface area contributed by atoms with Crippen molar-refractivity contribution in [2.45, 2.75) is 6.92 Å². The van der Waals surface area contributed by atoms with Crippen LogP contribution in [0.25, 0.3) is 6.08 Å². The number of methoxy groups -OCH3 is 1. The molecule has 0 aromatic carbocycles. The van der Waals surface area contributed by atoms with Crippen molar-refractivity contribution < 1.29 is 18.7 Å². The van der Waals surface area contributed by atoms with E-state index in [1.807, 2.05) is 0 Å². The molecule has 0 saturated carbocycles. The first-order chi connectivity index (χ1) is 6.65. The van der Waals surface area contributed by atoms with E-state index in [-0.39, 0.29) is 11.4 Å². The zero-order valence-electron chi connectivity index (χ0n) is 7.94. The number of Topliss-reactive ketones (excluding diaryl/α,β-unsaturated/α-hetero) is 1. The summed E-state index contributed by atoms with van der Waals surface area (Å²) in [5.41, 5.74) is -0.0255. The van der Waals surface area contributed by atoms with Crippen LogP contribution in [-0.2, 0) is 14.3 Å². The van der Waals surface area contributed by atoms with Crippen LogP contribution in [0.4, 0.5) is 0 Å². The standard InChI is InChI=1S/C10H10O4/c1-7(11)9(10(12)13-2)6-8-4-3-5-14-8/h3-6H,1-2H3. The minimum atomic E-state index is -0.658. The summed E-state index contributed by atoms with van der Waals surface area (Å²) in [5.74, 6) is -0.567. The van der Waals surface area contributed by atoms with Crippen molar-refractivity contribution in [1.29, 1.82) is 0 Å². The molecule has 0 bridgehead atoms. The minimum absolute atomic E-state index is 0.0255. The van der Waals surface area contributed by atoms with Gasteiger partial charge in [0.05, 0.1) is 13.4 Å². The number of esters is 1. The lowest BCUT2D eigenvalue weighted by Gasteiger charge is -1.99. The van der Waals surface area contributed by atoms with Gasteiger partial charge in [0.15, 0.2) is 5.78 Å². The second-order valence-corrected chi connectivity index (χ2v) is 2.62. The molecule has 0 radical (unpaired) electrons. The van der Waals surface area contributed by atoms with Gasteiger partial charge in [-0.3, -0.25) is 4.79 Å². The predicted molar refractivity (Wildman–Crippen MR) is 49.4 cm³/mol. The molecule has 4 heteroatoms. The third-order valence-electron chi connectivity index (χ3n) is 1.61. The van der Waals surface area contributed by atoms with Gasteiger partial charge in [0.1, 0.15) is 11.3 Å². The molecule has 0 N–H and O–H groups in total. The number of rotatable bonds is 3. The molecule has 1 rings (SSSR count). The van der Waals surface area contributed by atoms with Gasteiger partial charge in [-0.25, -0.2) is 4.79 Å². The molecule has 0 aliphatic carbocycles. The average Bonchev–Trinajstić information content (AvgIpc) is 2.65. The highest BCUT2D eigenvalue weighted by molar-refractivity contribution is 6.19. The number of hydrogen-bond acceptors (Lipinski definition) is 4. The lowest BCUT2D eigenvalue weighted by atomic mass is 10.1.